The largest absolute Gasteiger partial charge is 0.497 e. The molecule has 6 heteroatoms. The molecule has 1 heterocycles. The van der Waals surface area contributed by atoms with E-state index < -0.39 is 5.97 Å². The van der Waals surface area contributed by atoms with Gasteiger partial charge in [-0.2, -0.15) is 0 Å². The molecule has 1 aromatic rings. The van der Waals surface area contributed by atoms with E-state index in [0.29, 0.717) is 36.5 Å². The molecule has 1 fully saturated rings. The third-order valence-electron chi connectivity index (χ3n) is 3.44. The summed E-state index contributed by atoms with van der Waals surface area (Å²) in [4.78, 5) is 25.5. The summed E-state index contributed by atoms with van der Waals surface area (Å²) in [5.41, 5.74) is 6.48. The third-order valence-corrected chi connectivity index (χ3v) is 3.44. The van der Waals surface area contributed by atoms with Crippen LogP contribution in [0.1, 0.15) is 16.8 Å². The van der Waals surface area contributed by atoms with Crippen molar-refractivity contribution in [1.82, 2.24) is 0 Å². The van der Waals surface area contributed by atoms with Crippen LogP contribution in [0.5, 0.6) is 5.75 Å². The van der Waals surface area contributed by atoms with Crippen LogP contribution in [0.3, 0.4) is 0 Å². The number of anilines is 1. The van der Waals surface area contributed by atoms with E-state index in [0.717, 1.165) is 0 Å². The summed E-state index contributed by atoms with van der Waals surface area (Å²) < 4.78 is 9.91. The van der Waals surface area contributed by atoms with Crippen LogP contribution in [0.4, 0.5) is 5.69 Å². The second-order valence-electron chi connectivity index (χ2n) is 4.68. The second kappa shape index (κ2) is 5.92. The summed E-state index contributed by atoms with van der Waals surface area (Å²) in [6.07, 6.45) is 0.397. The van der Waals surface area contributed by atoms with E-state index in [2.05, 4.69) is 0 Å². The van der Waals surface area contributed by atoms with Crippen molar-refractivity contribution in [3.05, 3.63) is 23.8 Å². The van der Waals surface area contributed by atoms with E-state index in [4.69, 9.17) is 15.2 Å². The molecule has 0 saturated carbocycles. The maximum Gasteiger partial charge on any atom is 0.339 e. The fourth-order valence-corrected chi connectivity index (χ4v) is 2.32. The summed E-state index contributed by atoms with van der Waals surface area (Å²) in [6.45, 7) is 0.951. The molecular weight excluding hydrogens is 260 g/mol. The van der Waals surface area contributed by atoms with Crippen LogP contribution in [0.2, 0.25) is 0 Å². The number of nitrogens with zero attached hydrogens (tertiary/aromatic N) is 1. The Bertz CT molecular complexity index is 530. The molecule has 2 rings (SSSR count). The zero-order chi connectivity index (χ0) is 14.7. The molecule has 1 aromatic carbocycles. The Morgan fingerprint density at radius 2 is 2.20 bits per heavy atom. The number of carbonyl (C=O) groups excluding carboxylic acids is 2. The molecule has 1 aliphatic rings. The number of hydrogen-bond donors (Lipinski definition) is 1. The predicted octanol–water partition coefficient (Wildman–Crippen LogP) is 0.793. The normalized spacial score (nSPS) is 18.2. The van der Waals surface area contributed by atoms with Gasteiger partial charge in [0.1, 0.15) is 5.75 Å². The lowest BCUT2D eigenvalue weighted by Gasteiger charge is -2.20. The topological polar surface area (TPSA) is 81.9 Å². The first-order chi connectivity index (χ1) is 9.60. The Balaban J connectivity index is 2.42. The van der Waals surface area contributed by atoms with Gasteiger partial charge in [-0.25, -0.2) is 4.79 Å². The van der Waals surface area contributed by atoms with Gasteiger partial charge in [-0.05, 0) is 24.6 Å². The molecule has 1 unspecified atom stereocenters. The van der Waals surface area contributed by atoms with E-state index in [1.807, 2.05) is 0 Å². The third kappa shape index (κ3) is 2.60. The van der Waals surface area contributed by atoms with Gasteiger partial charge < -0.3 is 20.1 Å². The number of nitrogens with two attached hydrogens (primary N) is 1. The molecule has 0 radical (unpaired) electrons. The van der Waals surface area contributed by atoms with Crippen molar-refractivity contribution in [2.24, 2.45) is 11.7 Å². The van der Waals surface area contributed by atoms with Gasteiger partial charge in [0.25, 0.3) is 0 Å². The zero-order valence-corrected chi connectivity index (χ0v) is 11.6. The zero-order valence-electron chi connectivity index (χ0n) is 11.6. The Labute approximate surface area is 117 Å². The second-order valence-corrected chi connectivity index (χ2v) is 4.68. The quantitative estimate of drug-likeness (QED) is 0.824. The molecule has 1 aliphatic heterocycles. The molecule has 108 valence electrons. The lowest BCUT2D eigenvalue weighted by Crippen LogP contribution is -2.27. The number of hydrogen-bond acceptors (Lipinski definition) is 5. The predicted molar refractivity (Wildman–Crippen MR) is 73.8 cm³/mol. The standard InChI is InChI=1S/C14H18N2O4/c1-19-10-3-4-11(14(18)20-2)12(6-10)16-8-9(7-15)5-13(16)17/h3-4,6,9H,5,7-8,15H2,1-2H3. The summed E-state index contributed by atoms with van der Waals surface area (Å²) in [7, 11) is 2.84. The summed E-state index contributed by atoms with van der Waals surface area (Å²) in [5, 5.41) is 0. The van der Waals surface area contributed by atoms with Crippen LogP contribution in [0, 0.1) is 5.92 Å². The molecule has 6 nitrogen and oxygen atoms in total. The molecule has 0 aromatic heterocycles. The van der Waals surface area contributed by atoms with Crippen molar-refractivity contribution in [2.75, 3.05) is 32.2 Å². The minimum atomic E-state index is -0.480. The van der Waals surface area contributed by atoms with Crippen LogP contribution < -0.4 is 15.4 Å². The van der Waals surface area contributed by atoms with Crippen LogP contribution in [0.25, 0.3) is 0 Å². The first-order valence-corrected chi connectivity index (χ1v) is 6.37. The SMILES string of the molecule is COC(=O)c1ccc(OC)cc1N1CC(CN)CC1=O. The summed E-state index contributed by atoms with van der Waals surface area (Å²) in [5.74, 6) is 0.168. The molecule has 0 spiro atoms. The van der Waals surface area contributed by atoms with E-state index in [1.54, 1.807) is 23.1 Å². The molecular formula is C14H18N2O4. The average Bonchev–Trinajstić information content (AvgIpc) is 2.86. The Kier molecular flexibility index (Phi) is 4.24. The Morgan fingerprint density at radius 1 is 1.45 bits per heavy atom. The average molecular weight is 278 g/mol. The highest BCUT2D eigenvalue weighted by molar-refractivity contribution is 6.04. The van der Waals surface area contributed by atoms with Crippen molar-refractivity contribution in [3.8, 4) is 5.75 Å². The van der Waals surface area contributed by atoms with Gasteiger partial charge in [0.2, 0.25) is 5.91 Å². The van der Waals surface area contributed by atoms with Crippen molar-refractivity contribution in [1.29, 1.82) is 0 Å². The van der Waals surface area contributed by atoms with Crippen molar-refractivity contribution >= 4 is 17.6 Å². The van der Waals surface area contributed by atoms with Crippen LogP contribution >= 0.6 is 0 Å². The van der Waals surface area contributed by atoms with Crippen molar-refractivity contribution in [3.63, 3.8) is 0 Å². The molecule has 1 amide bonds. The number of methoxy groups -OCH3 is 2. The molecule has 1 atom stereocenters. The van der Waals surface area contributed by atoms with Gasteiger partial charge in [0, 0.05) is 19.0 Å². The lowest BCUT2D eigenvalue weighted by molar-refractivity contribution is -0.117. The van der Waals surface area contributed by atoms with E-state index in [1.165, 1.54) is 14.2 Å². The maximum absolute atomic E-state index is 12.1. The molecule has 20 heavy (non-hydrogen) atoms. The number of benzene rings is 1. The monoisotopic (exact) mass is 278 g/mol. The summed E-state index contributed by atoms with van der Waals surface area (Å²) >= 11 is 0. The van der Waals surface area contributed by atoms with E-state index in [-0.39, 0.29) is 11.8 Å². The minimum Gasteiger partial charge on any atom is -0.497 e. The van der Waals surface area contributed by atoms with Crippen LogP contribution in [-0.2, 0) is 9.53 Å². The number of esters is 1. The van der Waals surface area contributed by atoms with Crippen LogP contribution in [-0.4, -0.2) is 39.2 Å². The Morgan fingerprint density at radius 3 is 2.75 bits per heavy atom. The number of amides is 1. The first-order valence-electron chi connectivity index (χ1n) is 6.37. The van der Waals surface area contributed by atoms with Gasteiger partial charge in [-0.15, -0.1) is 0 Å². The highest BCUT2D eigenvalue weighted by atomic mass is 16.5. The highest BCUT2D eigenvalue weighted by Gasteiger charge is 2.32. The van der Waals surface area contributed by atoms with Gasteiger partial charge >= 0.3 is 5.97 Å². The molecule has 2 N–H and O–H groups in total. The lowest BCUT2D eigenvalue weighted by atomic mass is 10.1. The Hall–Kier alpha value is -2.08. The number of rotatable bonds is 4. The highest BCUT2D eigenvalue weighted by Crippen LogP contribution is 2.31. The van der Waals surface area contributed by atoms with Crippen molar-refractivity contribution in [2.45, 2.75) is 6.42 Å². The minimum absolute atomic E-state index is 0.0427. The van der Waals surface area contributed by atoms with Gasteiger partial charge in [0.05, 0.1) is 25.5 Å². The maximum atomic E-state index is 12.1. The van der Waals surface area contributed by atoms with Crippen LogP contribution in [0.15, 0.2) is 18.2 Å². The fourth-order valence-electron chi connectivity index (χ4n) is 2.32. The molecule has 1 saturated heterocycles. The smallest absolute Gasteiger partial charge is 0.339 e. The first kappa shape index (κ1) is 14.3. The van der Waals surface area contributed by atoms with Crippen molar-refractivity contribution < 1.29 is 19.1 Å². The number of carbonyl (C=O) groups is 2. The summed E-state index contributed by atoms with van der Waals surface area (Å²) in [6, 6.07) is 4.93. The van der Waals surface area contributed by atoms with E-state index in [9.17, 15) is 9.59 Å². The van der Waals surface area contributed by atoms with Gasteiger partial charge in [-0.1, -0.05) is 0 Å². The molecule has 0 aliphatic carbocycles. The van der Waals surface area contributed by atoms with Gasteiger partial charge in [-0.3, -0.25) is 4.79 Å². The molecule has 0 bridgehead atoms. The number of ether oxygens (including phenoxy) is 2. The fraction of sp³-hybridized carbons (Fsp3) is 0.429. The van der Waals surface area contributed by atoms with E-state index >= 15 is 0 Å². The van der Waals surface area contributed by atoms with Gasteiger partial charge in [0.15, 0.2) is 0 Å².